The Bertz CT molecular complexity index is 1390. The number of hydrogen-bond donors (Lipinski definition) is 1. The molecule has 1 amide bonds. The summed E-state index contributed by atoms with van der Waals surface area (Å²) in [5.41, 5.74) is -2.26. The molecule has 2 aliphatic rings. The predicted molar refractivity (Wildman–Crippen MR) is 128 cm³/mol. The van der Waals surface area contributed by atoms with Crippen LogP contribution in [0.15, 0.2) is 66.0 Å². The number of piperazine rings is 1. The highest BCUT2D eigenvalue weighted by atomic mass is 19.4. The van der Waals surface area contributed by atoms with Crippen molar-refractivity contribution >= 4 is 17.4 Å². The Morgan fingerprint density at radius 3 is 2.05 bits per heavy atom. The smallest absolute Gasteiger partial charge is 0.368 e. The van der Waals surface area contributed by atoms with E-state index in [0.29, 0.717) is 36.7 Å². The molecule has 0 saturated carbocycles. The van der Waals surface area contributed by atoms with Crippen LogP contribution in [-0.2, 0) is 17.1 Å². The molecule has 13 heteroatoms. The Labute approximate surface area is 218 Å². The second-order valence-corrected chi connectivity index (χ2v) is 9.32. The third kappa shape index (κ3) is 5.17. The number of nitrogens with one attached hydrogen (secondary N) is 1. The van der Waals surface area contributed by atoms with Crippen LogP contribution in [0.4, 0.5) is 42.2 Å². The van der Waals surface area contributed by atoms with Gasteiger partial charge in [0, 0.05) is 43.6 Å². The molecule has 2 aromatic carbocycles. The highest BCUT2D eigenvalue weighted by molar-refractivity contribution is 5.97. The summed E-state index contributed by atoms with van der Waals surface area (Å²) in [4.78, 5) is 17.3. The quantitative estimate of drug-likeness (QED) is 0.423. The molecule has 1 unspecified atom stereocenters. The molecule has 5 rings (SSSR count). The lowest BCUT2D eigenvalue weighted by molar-refractivity contribution is -0.143. The molecule has 1 atom stereocenters. The van der Waals surface area contributed by atoms with E-state index in [0.717, 1.165) is 5.69 Å². The van der Waals surface area contributed by atoms with Gasteiger partial charge in [-0.25, -0.2) is 9.07 Å². The molecule has 3 heterocycles. The van der Waals surface area contributed by atoms with Crippen molar-refractivity contribution in [3.05, 3.63) is 88.5 Å². The van der Waals surface area contributed by atoms with Crippen LogP contribution in [0, 0.1) is 5.82 Å². The fraction of sp³-hybridized carbons (Fsp3) is 0.308. The summed E-state index contributed by atoms with van der Waals surface area (Å²) >= 11 is 0. The summed E-state index contributed by atoms with van der Waals surface area (Å²) in [6.45, 7) is 2.82. The van der Waals surface area contributed by atoms with Gasteiger partial charge in [0.1, 0.15) is 17.7 Å². The lowest BCUT2D eigenvalue weighted by Crippen LogP contribution is -2.50. The van der Waals surface area contributed by atoms with E-state index in [4.69, 9.17) is 0 Å². The van der Waals surface area contributed by atoms with Crippen molar-refractivity contribution in [2.45, 2.75) is 25.3 Å². The van der Waals surface area contributed by atoms with E-state index in [1.54, 1.807) is 19.1 Å². The molecule has 3 aromatic rings. The van der Waals surface area contributed by atoms with Crippen LogP contribution < -0.4 is 10.2 Å². The van der Waals surface area contributed by atoms with E-state index in [1.807, 2.05) is 4.90 Å². The third-order valence-electron chi connectivity index (χ3n) is 6.82. The van der Waals surface area contributed by atoms with Gasteiger partial charge >= 0.3 is 12.4 Å². The number of alkyl halides is 6. The van der Waals surface area contributed by atoms with Crippen LogP contribution >= 0.6 is 0 Å². The molecule has 1 N–H and O–H groups in total. The van der Waals surface area contributed by atoms with Crippen LogP contribution in [0.3, 0.4) is 0 Å². The fourth-order valence-corrected chi connectivity index (χ4v) is 4.92. The number of carbonyl (C=O) groups excluding carboxylic acids is 1. The maximum absolute atomic E-state index is 13.8. The number of aromatic nitrogens is 2. The van der Waals surface area contributed by atoms with Crippen LogP contribution in [0.25, 0.3) is 0 Å². The highest BCUT2D eigenvalue weighted by Gasteiger charge is 2.41. The maximum atomic E-state index is 13.8. The number of hydrogen-bond acceptors (Lipinski definition) is 4. The van der Waals surface area contributed by atoms with E-state index < -0.39 is 35.4 Å². The zero-order chi connectivity index (χ0) is 28.1. The lowest BCUT2D eigenvalue weighted by Gasteiger charge is -2.38. The predicted octanol–water partition coefficient (Wildman–Crippen LogP) is 5.70. The van der Waals surface area contributed by atoms with Crippen molar-refractivity contribution in [2.75, 3.05) is 36.4 Å². The van der Waals surface area contributed by atoms with Crippen LogP contribution in [0.2, 0.25) is 0 Å². The first-order valence-corrected chi connectivity index (χ1v) is 11.9. The summed E-state index contributed by atoms with van der Waals surface area (Å²) in [5.74, 6) is -0.593. The van der Waals surface area contributed by atoms with Crippen molar-refractivity contribution in [1.82, 2.24) is 14.7 Å². The topological polar surface area (TPSA) is 53.4 Å². The molecular weight excluding hydrogens is 531 g/mol. The highest BCUT2D eigenvalue weighted by Crippen LogP contribution is 2.42. The molecule has 206 valence electrons. The number of amides is 1. The normalized spacial score (nSPS) is 18.2. The fourth-order valence-electron chi connectivity index (χ4n) is 4.92. The average molecular weight is 553 g/mol. The first-order valence-electron chi connectivity index (χ1n) is 11.9. The minimum Gasteiger partial charge on any atom is -0.368 e. The van der Waals surface area contributed by atoms with Crippen LogP contribution in [-0.4, -0.2) is 46.8 Å². The van der Waals surface area contributed by atoms with E-state index in [9.17, 15) is 35.5 Å². The summed E-state index contributed by atoms with van der Waals surface area (Å²) < 4.78 is 96.4. The molecule has 0 bridgehead atoms. The summed E-state index contributed by atoms with van der Waals surface area (Å²) in [6, 6.07) is 7.38. The number of halogens is 7. The molecule has 1 fully saturated rings. The molecule has 39 heavy (non-hydrogen) atoms. The van der Waals surface area contributed by atoms with Gasteiger partial charge in [-0.1, -0.05) is 0 Å². The van der Waals surface area contributed by atoms with E-state index in [2.05, 4.69) is 10.4 Å². The Balaban J connectivity index is 1.51. The van der Waals surface area contributed by atoms with Crippen molar-refractivity contribution in [3.8, 4) is 0 Å². The van der Waals surface area contributed by atoms with E-state index in [-0.39, 0.29) is 36.1 Å². The standard InChI is InChI=1S/C26H22F7N5O/c1-15-22(24(39)37-10-8-36(9-11-37)20-4-2-19(27)3-5-20)23(38-21(35-15)6-7-34-38)16-12-17(25(28,29)30)14-18(13-16)26(31,32)33/h2-7,12-14,23,35H,8-11H2,1H3. The molecule has 0 aliphatic carbocycles. The maximum Gasteiger partial charge on any atom is 0.416 e. The summed E-state index contributed by atoms with van der Waals surface area (Å²) in [6.07, 6.45) is -8.75. The van der Waals surface area contributed by atoms with Crippen LogP contribution in [0.5, 0.6) is 0 Å². The molecule has 6 nitrogen and oxygen atoms in total. The number of allylic oxidation sites excluding steroid dienone is 1. The second kappa shape index (κ2) is 9.62. The van der Waals surface area contributed by atoms with Gasteiger partial charge in [0.15, 0.2) is 0 Å². The largest absolute Gasteiger partial charge is 0.416 e. The molecule has 0 radical (unpaired) electrons. The zero-order valence-electron chi connectivity index (χ0n) is 20.4. The lowest BCUT2D eigenvalue weighted by atomic mass is 9.91. The van der Waals surface area contributed by atoms with Gasteiger partial charge in [-0.3, -0.25) is 4.79 Å². The van der Waals surface area contributed by atoms with Crippen molar-refractivity contribution in [2.24, 2.45) is 0 Å². The van der Waals surface area contributed by atoms with Crippen molar-refractivity contribution in [3.63, 3.8) is 0 Å². The first-order chi connectivity index (χ1) is 18.3. The van der Waals surface area contributed by atoms with Crippen molar-refractivity contribution < 1.29 is 35.5 Å². The van der Waals surface area contributed by atoms with Gasteiger partial charge in [-0.05, 0) is 55.0 Å². The number of benzene rings is 2. The molecular formula is C26H22F7N5O. The third-order valence-corrected chi connectivity index (χ3v) is 6.82. The number of rotatable bonds is 3. The number of nitrogens with zero attached hydrogens (tertiary/aromatic N) is 4. The SMILES string of the molecule is CC1=C(C(=O)N2CCN(c3ccc(F)cc3)CC2)C(c2cc(C(F)(F)F)cc(C(F)(F)F)c2)n2nccc2N1. The van der Waals surface area contributed by atoms with Crippen molar-refractivity contribution in [1.29, 1.82) is 0 Å². The Hall–Kier alpha value is -4.03. The minimum atomic E-state index is -5.05. The summed E-state index contributed by atoms with van der Waals surface area (Å²) in [7, 11) is 0. The van der Waals surface area contributed by atoms with Gasteiger partial charge in [-0.15, -0.1) is 0 Å². The van der Waals surface area contributed by atoms with Crippen LogP contribution in [0.1, 0.15) is 29.7 Å². The minimum absolute atomic E-state index is 0.00567. The number of anilines is 2. The number of carbonyl (C=O) groups is 1. The van der Waals surface area contributed by atoms with E-state index >= 15 is 0 Å². The molecule has 1 aromatic heterocycles. The second-order valence-electron chi connectivity index (χ2n) is 9.32. The van der Waals surface area contributed by atoms with Gasteiger partial charge in [0.05, 0.1) is 22.9 Å². The average Bonchev–Trinajstić information content (AvgIpc) is 3.35. The molecule has 2 aliphatic heterocycles. The Morgan fingerprint density at radius 1 is 0.897 bits per heavy atom. The number of fused-ring (bicyclic) bond motifs is 1. The van der Waals surface area contributed by atoms with Gasteiger partial charge in [-0.2, -0.15) is 31.4 Å². The Kier molecular flexibility index (Phi) is 6.55. The zero-order valence-corrected chi connectivity index (χ0v) is 20.4. The van der Waals surface area contributed by atoms with Gasteiger partial charge in [0.2, 0.25) is 0 Å². The molecule has 1 saturated heterocycles. The monoisotopic (exact) mass is 553 g/mol. The summed E-state index contributed by atoms with van der Waals surface area (Å²) in [5, 5.41) is 7.10. The Morgan fingerprint density at radius 2 is 1.49 bits per heavy atom. The first kappa shape index (κ1) is 26.6. The van der Waals surface area contributed by atoms with Gasteiger partial charge in [0.25, 0.3) is 5.91 Å². The van der Waals surface area contributed by atoms with E-state index in [1.165, 1.54) is 34.0 Å². The molecule has 0 spiro atoms. The van der Waals surface area contributed by atoms with Gasteiger partial charge < -0.3 is 15.1 Å².